The number of para-hydroxylation sites is 1. The molecule has 0 spiro atoms. The van der Waals surface area contributed by atoms with E-state index in [0.717, 1.165) is 20.5 Å². The number of hydrogen-bond donors (Lipinski definition) is 2. The number of rotatable bonds is 3. The molecular weight excluding hydrogens is 379 g/mol. The van der Waals surface area contributed by atoms with Gasteiger partial charge in [0.2, 0.25) is 0 Å². The number of anilines is 2. The molecule has 0 unspecified atom stereocenters. The van der Waals surface area contributed by atoms with Gasteiger partial charge in [0.25, 0.3) is 0 Å². The van der Waals surface area contributed by atoms with Gasteiger partial charge in [-0.3, -0.25) is 0 Å². The van der Waals surface area contributed by atoms with Gasteiger partial charge in [-0.15, -0.1) is 0 Å². The number of halogens is 2. The van der Waals surface area contributed by atoms with Crippen molar-refractivity contribution in [3.8, 4) is 0 Å². The van der Waals surface area contributed by atoms with Gasteiger partial charge in [-0.05, 0) is 52.9 Å². The van der Waals surface area contributed by atoms with Crippen LogP contribution in [0.1, 0.15) is 5.56 Å². The summed E-state index contributed by atoms with van der Waals surface area (Å²) in [5, 5.41) is 3.88. The summed E-state index contributed by atoms with van der Waals surface area (Å²) in [6.07, 6.45) is 0. The molecule has 0 atom stereocenters. The Morgan fingerprint density at radius 1 is 1.17 bits per heavy atom. The van der Waals surface area contributed by atoms with Crippen LogP contribution in [0.4, 0.5) is 11.4 Å². The average molecular weight is 389 g/mol. The van der Waals surface area contributed by atoms with Crippen LogP contribution in [-0.4, -0.2) is 4.99 Å². The van der Waals surface area contributed by atoms with E-state index < -0.39 is 0 Å². The molecule has 18 heavy (non-hydrogen) atoms. The van der Waals surface area contributed by atoms with Crippen LogP contribution in [0.25, 0.3) is 0 Å². The minimum Gasteiger partial charge on any atom is -0.389 e. The van der Waals surface area contributed by atoms with Gasteiger partial charge in [0.1, 0.15) is 4.99 Å². The molecule has 2 aromatic rings. The molecule has 92 valence electrons. The van der Waals surface area contributed by atoms with Gasteiger partial charge >= 0.3 is 0 Å². The van der Waals surface area contributed by atoms with E-state index in [1.165, 1.54) is 0 Å². The van der Waals surface area contributed by atoms with Crippen molar-refractivity contribution >= 4 is 62.8 Å². The fraction of sp³-hybridized carbons (Fsp3) is 0. The third-order valence-electron chi connectivity index (χ3n) is 2.40. The van der Waals surface area contributed by atoms with Crippen LogP contribution in [0, 0.1) is 3.57 Å². The Labute approximate surface area is 130 Å². The van der Waals surface area contributed by atoms with Crippen LogP contribution < -0.4 is 11.1 Å². The molecule has 0 aliphatic heterocycles. The minimum absolute atomic E-state index is 0.345. The van der Waals surface area contributed by atoms with Crippen LogP contribution in [0.2, 0.25) is 5.02 Å². The smallest absolute Gasteiger partial charge is 0.104 e. The Balaban J connectivity index is 2.30. The summed E-state index contributed by atoms with van der Waals surface area (Å²) in [7, 11) is 0. The number of nitrogens with two attached hydrogens (primary N) is 1. The van der Waals surface area contributed by atoms with E-state index in [4.69, 9.17) is 29.6 Å². The zero-order valence-electron chi connectivity index (χ0n) is 9.28. The normalized spacial score (nSPS) is 10.1. The van der Waals surface area contributed by atoms with E-state index in [2.05, 4.69) is 27.9 Å². The maximum Gasteiger partial charge on any atom is 0.104 e. The Kier molecular flexibility index (Phi) is 4.42. The van der Waals surface area contributed by atoms with Crippen LogP contribution in [0.5, 0.6) is 0 Å². The van der Waals surface area contributed by atoms with Gasteiger partial charge in [-0.2, -0.15) is 0 Å². The van der Waals surface area contributed by atoms with Crippen LogP contribution >= 0.6 is 46.4 Å². The molecule has 0 aromatic heterocycles. The molecule has 0 amide bonds. The van der Waals surface area contributed by atoms with Gasteiger partial charge < -0.3 is 11.1 Å². The quantitative estimate of drug-likeness (QED) is 0.607. The molecule has 0 aliphatic carbocycles. The van der Waals surface area contributed by atoms with Crippen LogP contribution in [0.15, 0.2) is 42.5 Å². The maximum absolute atomic E-state index is 6.20. The lowest BCUT2D eigenvalue weighted by Gasteiger charge is -2.11. The molecule has 2 nitrogen and oxygen atoms in total. The summed E-state index contributed by atoms with van der Waals surface area (Å²) in [4.78, 5) is 0.345. The summed E-state index contributed by atoms with van der Waals surface area (Å²) >= 11 is 13.4. The lowest BCUT2D eigenvalue weighted by Crippen LogP contribution is -2.09. The van der Waals surface area contributed by atoms with Gasteiger partial charge in [0, 0.05) is 9.13 Å². The van der Waals surface area contributed by atoms with Gasteiger partial charge in [-0.25, -0.2) is 0 Å². The largest absolute Gasteiger partial charge is 0.389 e. The third-order valence-corrected chi connectivity index (χ3v) is 3.89. The summed E-state index contributed by atoms with van der Waals surface area (Å²) in [6, 6.07) is 13.5. The fourth-order valence-electron chi connectivity index (χ4n) is 1.48. The second kappa shape index (κ2) is 5.86. The molecule has 2 rings (SSSR count). The molecule has 0 radical (unpaired) electrons. The van der Waals surface area contributed by atoms with Crippen molar-refractivity contribution in [2.75, 3.05) is 5.32 Å². The van der Waals surface area contributed by atoms with Crippen molar-refractivity contribution in [2.45, 2.75) is 0 Å². The minimum atomic E-state index is 0.345. The molecule has 0 fully saturated rings. The predicted octanol–water partition coefficient (Wildman–Crippen LogP) is 4.32. The number of benzene rings is 2. The SMILES string of the molecule is NC(=S)c1ccc(Nc2ccccc2I)c(Cl)c1. The van der Waals surface area contributed by atoms with Crippen LogP contribution in [0.3, 0.4) is 0 Å². The Morgan fingerprint density at radius 3 is 2.50 bits per heavy atom. The number of thiocarbonyl (C=S) groups is 1. The molecule has 5 heteroatoms. The van der Waals surface area contributed by atoms with Crippen molar-refractivity contribution < 1.29 is 0 Å². The maximum atomic E-state index is 6.20. The molecule has 0 saturated carbocycles. The summed E-state index contributed by atoms with van der Waals surface area (Å²) in [5.74, 6) is 0. The second-order valence-electron chi connectivity index (χ2n) is 3.66. The molecule has 0 bridgehead atoms. The molecule has 0 aliphatic rings. The van der Waals surface area contributed by atoms with Crippen molar-refractivity contribution in [3.05, 3.63) is 56.6 Å². The van der Waals surface area contributed by atoms with Crippen LogP contribution in [-0.2, 0) is 0 Å². The predicted molar refractivity (Wildman–Crippen MR) is 89.8 cm³/mol. The first-order chi connectivity index (χ1) is 8.58. The number of hydrogen-bond acceptors (Lipinski definition) is 2. The van der Waals surface area contributed by atoms with Gasteiger partial charge in [-0.1, -0.05) is 36.0 Å². The summed E-state index contributed by atoms with van der Waals surface area (Å²) in [6.45, 7) is 0. The zero-order valence-corrected chi connectivity index (χ0v) is 13.0. The van der Waals surface area contributed by atoms with Crippen molar-refractivity contribution in [3.63, 3.8) is 0 Å². The molecule has 0 heterocycles. The van der Waals surface area contributed by atoms with E-state index in [1.54, 1.807) is 6.07 Å². The highest BCUT2D eigenvalue weighted by molar-refractivity contribution is 14.1. The highest BCUT2D eigenvalue weighted by atomic mass is 127. The monoisotopic (exact) mass is 388 g/mol. The number of nitrogens with one attached hydrogen (secondary N) is 1. The van der Waals surface area contributed by atoms with E-state index in [9.17, 15) is 0 Å². The van der Waals surface area contributed by atoms with E-state index in [0.29, 0.717) is 10.0 Å². The van der Waals surface area contributed by atoms with Gasteiger partial charge in [0.15, 0.2) is 0 Å². The standard InChI is InChI=1S/C13H10ClIN2S/c14-9-7-8(13(16)18)5-6-11(9)17-12-4-2-1-3-10(12)15/h1-7,17H,(H2,16,18). The van der Waals surface area contributed by atoms with E-state index in [-0.39, 0.29) is 0 Å². The lowest BCUT2D eigenvalue weighted by atomic mass is 10.2. The zero-order chi connectivity index (χ0) is 13.1. The van der Waals surface area contributed by atoms with Crippen molar-refractivity contribution in [1.29, 1.82) is 0 Å². The fourth-order valence-corrected chi connectivity index (χ4v) is 2.35. The highest BCUT2D eigenvalue weighted by Crippen LogP contribution is 2.28. The second-order valence-corrected chi connectivity index (χ2v) is 5.67. The van der Waals surface area contributed by atoms with E-state index >= 15 is 0 Å². The first-order valence-electron chi connectivity index (χ1n) is 5.19. The van der Waals surface area contributed by atoms with Gasteiger partial charge in [0.05, 0.1) is 16.4 Å². The molecule has 3 N–H and O–H groups in total. The first-order valence-corrected chi connectivity index (χ1v) is 7.05. The topological polar surface area (TPSA) is 38.0 Å². The first kappa shape index (κ1) is 13.6. The molecular formula is C13H10ClIN2S. The Hall–Kier alpha value is -0.850. The molecule has 2 aromatic carbocycles. The third kappa shape index (κ3) is 3.13. The van der Waals surface area contributed by atoms with E-state index in [1.807, 2.05) is 36.4 Å². The van der Waals surface area contributed by atoms with Crippen molar-refractivity contribution in [1.82, 2.24) is 0 Å². The molecule has 0 saturated heterocycles. The summed E-state index contributed by atoms with van der Waals surface area (Å²) in [5.41, 5.74) is 8.18. The Morgan fingerprint density at radius 2 is 1.89 bits per heavy atom. The lowest BCUT2D eigenvalue weighted by molar-refractivity contribution is 1.51. The highest BCUT2D eigenvalue weighted by Gasteiger charge is 2.05. The van der Waals surface area contributed by atoms with Crippen molar-refractivity contribution in [2.24, 2.45) is 5.73 Å². The summed E-state index contributed by atoms with van der Waals surface area (Å²) < 4.78 is 1.13. The Bertz CT molecular complexity index is 601. The average Bonchev–Trinajstić information content (AvgIpc) is 2.34.